The summed E-state index contributed by atoms with van der Waals surface area (Å²) in [6, 6.07) is 0. The lowest BCUT2D eigenvalue weighted by atomic mass is 10.1. The van der Waals surface area contributed by atoms with E-state index in [4.69, 9.17) is 4.18 Å². The Morgan fingerprint density at radius 2 is 1.41 bits per heavy atom. The van der Waals surface area contributed by atoms with Gasteiger partial charge < -0.3 is 4.18 Å². The molecule has 0 aliphatic heterocycles. The molecule has 0 atom stereocenters. The molecule has 0 fully saturated rings. The zero-order valence-corrected chi connectivity index (χ0v) is 15.2. The van der Waals surface area contributed by atoms with Gasteiger partial charge in [-0.2, -0.15) is 0 Å². The van der Waals surface area contributed by atoms with E-state index >= 15 is 0 Å². The molecule has 0 aliphatic carbocycles. The molecular formula is C18H28O3S. The van der Waals surface area contributed by atoms with Gasteiger partial charge in [-0.15, -0.1) is 0 Å². The number of hydrogen-bond donors (Lipinski definition) is 0. The Morgan fingerprint density at radius 3 is 1.95 bits per heavy atom. The average Bonchev–Trinajstić information content (AvgIpc) is 2.42. The monoisotopic (exact) mass is 324 g/mol. The molecule has 0 bridgehead atoms. The van der Waals surface area contributed by atoms with Gasteiger partial charge >= 0.3 is 5.97 Å². The number of rotatable bonds is 10. The van der Waals surface area contributed by atoms with Crippen molar-refractivity contribution in [2.24, 2.45) is 0 Å². The summed E-state index contributed by atoms with van der Waals surface area (Å²) in [6.07, 6.45) is 10.8. The Hall–Kier alpha value is -1.29. The fraction of sp³-hybridized carbons (Fsp3) is 0.556. The number of carbonyl (C=O) groups is 2. The Morgan fingerprint density at radius 1 is 0.864 bits per heavy atom. The smallest absolute Gasteiger partial charge is 0.385 e. The minimum absolute atomic E-state index is 0.568. The quantitative estimate of drug-likeness (QED) is 0.240. The molecule has 0 aromatic carbocycles. The number of hydrogen-bond acceptors (Lipinski definition) is 4. The summed E-state index contributed by atoms with van der Waals surface area (Å²) >= 11 is 1.00. The van der Waals surface area contributed by atoms with E-state index in [1.54, 1.807) is 0 Å². The minimum atomic E-state index is -0.786. The molecule has 0 saturated heterocycles. The zero-order chi connectivity index (χ0) is 17.0. The second kappa shape index (κ2) is 12.3. The molecule has 0 aromatic heterocycles. The van der Waals surface area contributed by atoms with Crippen molar-refractivity contribution in [2.75, 3.05) is 5.75 Å². The third-order valence-corrected chi connectivity index (χ3v) is 3.62. The number of carbonyl (C=O) groups excluding carboxylic acids is 2. The van der Waals surface area contributed by atoms with Crippen LogP contribution in [0.2, 0.25) is 0 Å². The van der Waals surface area contributed by atoms with Crippen LogP contribution in [-0.2, 0) is 13.8 Å². The number of allylic oxidation sites excluding steroid dienone is 5. The Bertz CT molecular complexity index is 455. The van der Waals surface area contributed by atoms with E-state index in [0.717, 1.165) is 37.7 Å². The lowest BCUT2D eigenvalue weighted by molar-refractivity contribution is -0.145. The summed E-state index contributed by atoms with van der Waals surface area (Å²) < 4.78 is 4.73. The van der Waals surface area contributed by atoms with Gasteiger partial charge in [0.2, 0.25) is 5.78 Å². The van der Waals surface area contributed by atoms with E-state index in [0.29, 0.717) is 5.75 Å². The zero-order valence-electron chi connectivity index (χ0n) is 14.4. The maximum Gasteiger partial charge on any atom is 0.386 e. The Balaban J connectivity index is 3.89. The summed E-state index contributed by atoms with van der Waals surface area (Å²) in [7, 11) is 0. The molecule has 0 heterocycles. The van der Waals surface area contributed by atoms with Crippen LogP contribution in [0.5, 0.6) is 0 Å². The summed E-state index contributed by atoms with van der Waals surface area (Å²) in [4.78, 5) is 21.6. The predicted molar refractivity (Wildman–Crippen MR) is 94.6 cm³/mol. The van der Waals surface area contributed by atoms with Crippen LogP contribution in [0.1, 0.15) is 60.3 Å². The number of Topliss-reactive ketones (excluding diaryl/α,β-unsaturated/α-hetero) is 1. The Kier molecular flexibility index (Phi) is 11.6. The Labute approximate surface area is 139 Å². The molecule has 0 saturated carbocycles. The van der Waals surface area contributed by atoms with Crippen LogP contribution in [0.25, 0.3) is 0 Å². The highest BCUT2D eigenvalue weighted by Crippen LogP contribution is 2.12. The fourth-order valence-corrected chi connectivity index (χ4v) is 2.31. The molecular weight excluding hydrogens is 296 g/mol. The van der Waals surface area contributed by atoms with Crippen molar-refractivity contribution in [1.82, 2.24) is 0 Å². The molecule has 0 amide bonds. The second-order valence-electron chi connectivity index (χ2n) is 5.67. The fourth-order valence-electron chi connectivity index (χ4n) is 1.66. The van der Waals surface area contributed by atoms with E-state index in [2.05, 4.69) is 39.8 Å². The van der Waals surface area contributed by atoms with Gasteiger partial charge in [0.1, 0.15) is 0 Å². The second-order valence-corrected chi connectivity index (χ2v) is 6.41. The van der Waals surface area contributed by atoms with E-state index in [1.807, 2.05) is 6.08 Å². The molecule has 22 heavy (non-hydrogen) atoms. The van der Waals surface area contributed by atoms with E-state index in [9.17, 15) is 9.59 Å². The lowest BCUT2D eigenvalue weighted by Crippen LogP contribution is -2.09. The third kappa shape index (κ3) is 12.5. The molecule has 0 unspecified atom stereocenters. The lowest BCUT2D eigenvalue weighted by Gasteiger charge is -2.02. The normalized spacial score (nSPS) is 12.0. The van der Waals surface area contributed by atoms with E-state index < -0.39 is 11.8 Å². The molecule has 3 nitrogen and oxygen atoms in total. The van der Waals surface area contributed by atoms with Gasteiger partial charge in [0.25, 0.3) is 0 Å². The van der Waals surface area contributed by atoms with Crippen molar-refractivity contribution in [3.63, 3.8) is 0 Å². The third-order valence-electron chi connectivity index (χ3n) is 3.04. The molecule has 0 rings (SSSR count). The molecule has 4 heteroatoms. The summed E-state index contributed by atoms with van der Waals surface area (Å²) in [5, 5.41) is 0. The van der Waals surface area contributed by atoms with Crippen molar-refractivity contribution >= 4 is 23.8 Å². The average molecular weight is 324 g/mol. The molecule has 124 valence electrons. The molecule has 0 radical (unpaired) electrons. The van der Waals surface area contributed by atoms with Gasteiger partial charge in [0.05, 0.1) is 17.8 Å². The highest BCUT2D eigenvalue weighted by Gasteiger charge is 2.08. The maximum absolute atomic E-state index is 10.9. The first kappa shape index (κ1) is 20.7. The van der Waals surface area contributed by atoms with Gasteiger partial charge in [-0.3, -0.25) is 4.79 Å². The largest absolute Gasteiger partial charge is 0.386 e. The first-order chi connectivity index (χ1) is 10.3. The van der Waals surface area contributed by atoms with Crippen LogP contribution in [0, 0.1) is 0 Å². The molecule has 0 aliphatic rings. The SMILES string of the molecule is CC(=O)C(=O)OSCC=C(C)CCC=C(C)CCC=C(C)C. The van der Waals surface area contributed by atoms with Crippen molar-refractivity contribution in [3.05, 3.63) is 34.9 Å². The first-order valence-corrected chi connectivity index (χ1v) is 8.53. The highest BCUT2D eigenvalue weighted by molar-refractivity contribution is 7.95. The molecule has 0 aromatic rings. The molecule has 0 N–H and O–H groups in total. The summed E-state index contributed by atoms with van der Waals surface area (Å²) in [5.74, 6) is -0.776. The van der Waals surface area contributed by atoms with Crippen LogP contribution in [-0.4, -0.2) is 17.5 Å². The van der Waals surface area contributed by atoms with Gasteiger partial charge in [-0.1, -0.05) is 34.9 Å². The van der Waals surface area contributed by atoms with Crippen molar-refractivity contribution in [1.29, 1.82) is 0 Å². The van der Waals surface area contributed by atoms with Crippen molar-refractivity contribution in [3.8, 4) is 0 Å². The van der Waals surface area contributed by atoms with Crippen LogP contribution >= 0.6 is 12.0 Å². The topological polar surface area (TPSA) is 43.4 Å². The van der Waals surface area contributed by atoms with Crippen molar-refractivity contribution < 1.29 is 13.8 Å². The van der Waals surface area contributed by atoms with Crippen LogP contribution in [0.3, 0.4) is 0 Å². The van der Waals surface area contributed by atoms with Crippen LogP contribution < -0.4 is 0 Å². The molecule has 0 spiro atoms. The maximum atomic E-state index is 10.9. The van der Waals surface area contributed by atoms with Crippen LogP contribution in [0.15, 0.2) is 34.9 Å². The van der Waals surface area contributed by atoms with Gasteiger partial charge in [-0.25, -0.2) is 4.79 Å². The van der Waals surface area contributed by atoms with E-state index in [1.165, 1.54) is 23.6 Å². The predicted octanol–water partition coefficient (Wildman–Crippen LogP) is 5.19. The van der Waals surface area contributed by atoms with Gasteiger partial charge in [-0.05, 0) is 53.4 Å². The van der Waals surface area contributed by atoms with Gasteiger partial charge in [0.15, 0.2) is 0 Å². The summed E-state index contributed by atoms with van der Waals surface area (Å²) in [6.45, 7) is 9.70. The highest BCUT2D eigenvalue weighted by atomic mass is 32.2. The van der Waals surface area contributed by atoms with Gasteiger partial charge in [0, 0.05) is 6.92 Å². The minimum Gasteiger partial charge on any atom is -0.385 e. The van der Waals surface area contributed by atoms with Crippen molar-refractivity contribution in [2.45, 2.75) is 60.3 Å². The van der Waals surface area contributed by atoms with E-state index in [-0.39, 0.29) is 0 Å². The number of ketones is 1. The summed E-state index contributed by atoms with van der Waals surface area (Å²) in [5.41, 5.74) is 4.06. The first-order valence-electron chi connectivity index (χ1n) is 7.62. The van der Waals surface area contributed by atoms with Crippen LogP contribution in [0.4, 0.5) is 0 Å². The standard InChI is InChI=1S/C18H28O3S/c1-14(2)8-6-9-15(3)10-7-11-16(4)12-13-22-21-18(20)17(5)19/h8,10,12H,6-7,9,11,13H2,1-5H3.